The van der Waals surface area contributed by atoms with Crippen LogP contribution in [0.1, 0.15) is 19.3 Å². The Balaban J connectivity index is 1.49. The summed E-state index contributed by atoms with van der Waals surface area (Å²) < 4.78 is 7.96. The quantitative estimate of drug-likeness (QED) is 0.522. The molecular formula is C23H22N4O2. The Labute approximate surface area is 168 Å². The van der Waals surface area contributed by atoms with Crippen LogP contribution >= 0.6 is 0 Å². The third-order valence-electron chi connectivity index (χ3n) is 5.48. The molecule has 5 rings (SSSR count). The molecule has 3 heterocycles. The van der Waals surface area contributed by atoms with Gasteiger partial charge >= 0.3 is 0 Å². The minimum Gasteiger partial charge on any atom is -0.416 e. The number of benzene rings is 2. The molecule has 2 aromatic carbocycles. The van der Waals surface area contributed by atoms with E-state index in [9.17, 15) is 4.79 Å². The Morgan fingerprint density at radius 1 is 0.897 bits per heavy atom. The fourth-order valence-corrected chi connectivity index (χ4v) is 3.97. The van der Waals surface area contributed by atoms with Gasteiger partial charge in [-0.1, -0.05) is 36.4 Å². The van der Waals surface area contributed by atoms with E-state index in [2.05, 4.69) is 10.2 Å². The van der Waals surface area contributed by atoms with E-state index in [0.29, 0.717) is 18.3 Å². The maximum Gasteiger partial charge on any atom is 0.250 e. The highest BCUT2D eigenvalue weighted by Crippen LogP contribution is 2.31. The predicted octanol–water partition coefficient (Wildman–Crippen LogP) is 4.37. The number of nitrogens with zero attached hydrogens (tertiary/aromatic N) is 4. The number of amides is 1. The van der Waals surface area contributed by atoms with Crippen LogP contribution < -0.4 is 0 Å². The lowest BCUT2D eigenvalue weighted by atomic mass is 10.1. The van der Waals surface area contributed by atoms with Gasteiger partial charge in [-0.3, -0.25) is 4.79 Å². The van der Waals surface area contributed by atoms with Crippen LogP contribution in [0.2, 0.25) is 0 Å². The summed E-state index contributed by atoms with van der Waals surface area (Å²) in [6, 6.07) is 17.7. The number of likely N-dealkylation sites (tertiary alicyclic amines) is 1. The standard InChI is InChI=1S/C23H22N4O2/c28-21(26-13-7-2-8-14-26)16-27-15-19(18-11-5-6-12-20(18)27)23-25-24-22(29-23)17-9-3-1-4-10-17/h1,3-6,9-12,15H,2,7-8,13-14,16H2. The molecule has 1 amide bonds. The molecule has 1 aliphatic rings. The van der Waals surface area contributed by atoms with Crippen molar-refractivity contribution in [2.75, 3.05) is 13.1 Å². The van der Waals surface area contributed by atoms with Crippen LogP contribution in [0.3, 0.4) is 0 Å². The molecule has 6 heteroatoms. The summed E-state index contributed by atoms with van der Waals surface area (Å²) in [5.74, 6) is 1.11. The molecule has 0 unspecified atom stereocenters. The maximum atomic E-state index is 12.8. The van der Waals surface area contributed by atoms with E-state index in [1.54, 1.807) is 0 Å². The van der Waals surface area contributed by atoms with Crippen LogP contribution in [0, 0.1) is 0 Å². The van der Waals surface area contributed by atoms with E-state index in [1.165, 1.54) is 6.42 Å². The lowest BCUT2D eigenvalue weighted by molar-refractivity contribution is -0.132. The summed E-state index contributed by atoms with van der Waals surface area (Å²) in [7, 11) is 0. The van der Waals surface area contributed by atoms with E-state index >= 15 is 0 Å². The molecule has 0 saturated carbocycles. The molecule has 1 aliphatic heterocycles. The van der Waals surface area contributed by atoms with Gasteiger partial charge in [-0.05, 0) is 37.5 Å². The van der Waals surface area contributed by atoms with Crippen LogP contribution in [0.4, 0.5) is 0 Å². The van der Waals surface area contributed by atoms with Crippen molar-refractivity contribution in [2.24, 2.45) is 0 Å². The van der Waals surface area contributed by atoms with Gasteiger partial charge in [0.2, 0.25) is 17.7 Å². The van der Waals surface area contributed by atoms with Crippen LogP contribution in [0.15, 0.2) is 65.2 Å². The minimum atomic E-state index is 0.160. The summed E-state index contributed by atoms with van der Waals surface area (Å²) in [4.78, 5) is 14.8. The molecule has 1 saturated heterocycles. The first-order chi connectivity index (χ1) is 14.3. The molecular weight excluding hydrogens is 364 g/mol. The molecule has 0 spiro atoms. The summed E-state index contributed by atoms with van der Waals surface area (Å²) in [6.07, 6.45) is 5.34. The second-order valence-electron chi connectivity index (χ2n) is 7.41. The van der Waals surface area contributed by atoms with Crippen molar-refractivity contribution >= 4 is 16.8 Å². The average molecular weight is 386 g/mol. The van der Waals surface area contributed by atoms with Gasteiger partial charge in [-0.15, -0.1) is 10.2 Å². The molecule has 1 fully saturated rings. The van der Waals surface area contributed by atoms with Crippen molar-refractivity contribution in [1.29, 1.82) is 0 Å². The number of aromatic nitrogens is 3. The van der Waals surface area contributed by atoms with Gasteiger partial charge in [-0.25, -0.2) is 0 Å². The number of fused-ring (bicyclic) bond motifs is 1. The van der Waals surface area contributed by atoms with Crippen molar-refractivity contribution in [2.45, 2.75) is 25.8 Å². The first kappa shape index (κ1) is 17.7. The van der Waals surface area contributed by atoms with Crippen LogP contribution in [0.5, 0.6) is 0 Å². The second-order valence-corrected chi connectivity index (χ2v) is 7.41. The van der Waals surface area contributed by atoms with Gasteiger partial charge in [0.25, 0.3) is 0 Å². The van der Waals surface area contributed by atoms with Crippen LogP contribution in [-0.2, 0) is 11.3 Å². The summed E-state index contributed by atoms with van der Waals surface area (Å²) in [5, 5.41) is 9.48. The lowest BCUT2D eigenvalue weighted by Crippen LogP contribution is -2.37. The molecule has 0 aliphatic carbocycles. The van der Waals surface area contributed by atoms with Gasteiger partial charge in [-0.2, -0.15) is 0 Å². The molecule has 0 atom stereocenters. The maximum absolute atomic E-state index is 12.8. The highest BCUT2D eigenvalue weighted by Gasteiger charge is 2.20. The van der Waals surface area contributed by atoms with E-state index in [-0.39, 0.29) is 5.91 Å². The summed E-state index contributed by atoms with van der Waals surface area (Å²) in [6.45, 7) is 2.03. The van der Waals surface area contributed by atoms with Gasteiger partial charge < -0.3 is 13.9 Å². The Hall–Kier alpha value is -3.41. The fourth-order valence-electron chi connectivity index (χ4n) is 3.97. The molecule has 6 nitrogen and oxygen atoms in total. The number of carbonyl (C=O) groups excluding carboxylic acids is 1. The average Bonchev–Trinajstić information content (AvgIpc) is 3.41. The third-order valence-corrected chi connectivity index (χ3v) is 5.48. The monoisotopic (exact) mass is 386 g/mol. The van der Waals surface area contributed by atoms with E-state index in [0.717, 1.165) is 48.0 Å². The van der Waals surface area contributed by atoms with Gasteiger partial charge in [0.1, 0.15) is 6.54 Å². The first-order valence-electron chi connectivity index (χ1n) is 10.0. The molecule has 0 N–H and O–H groups in total. The Kier molecular flexibility index (Phi) is 4.60. The zero-order valence-corrected chi connectivity index (χ0v) is 16.1. The molecule has 2 aromatic heterocycles. The van der Waals surface area contributed by atoms with Gasteiger partial charge in [0.05, 0.1) is 5.56 Å². The number of carbonyl (C=O) groups is 1. The minimum absolute atomic E-state index is 0.160. The van der Waals surface area contributed by atoms with Crippen molar-refractivity contribution in [3.05, 3.63) is 60.8 Å². The van der Waals surface area contributed by atoms with E-state index in [4.69, 9.17) is 4.42 Å². The predicted molar refractivity (Wildman–Crippen MR) is 111 cm³/mol. The third kappa shape index (κ3) is 3.42. The number of para-hydroxylation sites is 1. The normalized spacial score (nSPS) is 14.4. The van der Waals surface area contributed by atoms with E-state index < -0.39 is 0 Å². The molecule has 0 radical (unpaired) electrons. The van der Waals surface area contributed by atoms with Crippen molar-refractivity contribution < 1.29 is 9.21 Å². The lowest BCUT2D eigenvalue weighted by Gasteiger charge is -2.27. The number of piperidine rings is 1. The first-order valence-corrected chi connectivity index (χ1v) is 10.0. The Bertz CT molecular complexity index is 1140. The van der Waals surface area contributed by atoms with Crippen molar-refractivity contribution in [3.8, 4) is 22.9 Å². The summed E-state index contributed by atoms with van der Waals surface area (Å²) in [5.41, 5.74) is 2.73. The van der Waals surface area contributed by atoms with Crippen LogP contribution in [-0.4, -0.2) is 38.7 Å². The van der Waals surface area contributed by atoms with Crippen LogP contribution in [0.25, 0.3) is 33.8 Å². The summed E-state index contributed by atoms with van der Waals surface area (Å²) >= 11 is 0. The highest BCUT2D eigenvalue weighted by molar-refractivity contribution is 5.95. The molecule has 146 valence electrons. The van der Waals surface area contributed by atoms with E-state index in [1.807, 2.05) is 70.3 Å². The molecule has 29 heavy (non-hydrogen) atoms. The number of rotatable bonds is 4. The topological polar surface area (TPSA) is 64.2 Å². The Morgan fingerprint density at radius 3 is 2.45 bits per heavy atom. The smallest absolute Gasteiger partial charge is 0.250 e. The largest absolute Gasteiger partial charge is 0.416 e. The van der Waals surface area contributed by atoms with Crippen molar-refractivity contribution in [1.82, 2.24) is 19.7 Å². The van der Waals surface area contributed by atoms with Gasteiger partial charge in [0, 0.05) is 35.8 Å². The zero-order chi connectivity index (χ0) is 19.6. The zero-order valence-electron chi connectivity index (χ0n) is 16.1. The fraction of sp³-hybridized carbons (Fsp3) is 0.261. The SMILES string of the molecule is O=C(Cn1cc(-c2nnc(-c3ccccc3)o2)c2ccccc21)N1CCCCC1. The van der Waals surface area contributed by atoms with Crippen molar-refractivity contribution in [3.63, 3.8) is 0 Å². The van der Waals surface area contributed by atoms with Gasteiger partial charge in [0.15, 0.2) is 0 Å². The molecule has 0 bridgehead atoms. The Morgan fingerprint density at radius 2 is 1.62 bits per heavy atom. The number of hydrogen-bond donors (Lipinski definition) is 0. The number of hydrogen-bond acceptors (Lipinski definition) is 4. The molecule has 4 aromatic rings. The second kappa shape index (κ2) is 7.54. The highest BCUT2D eigenvalue weighted by atomic mass is 16.4.